The molecule has 0 aliphatic carbocycles. The highest BCUT2D eigenvalue weighted by atomic mass is 16.5. The summed E-state index contributed by atoms with van der Waals surface area (Å²) in [6.45, 7) is 5.98. The summed E-state index contributed by atoms with van der Waals surface area (Å²) in [6.07, 6.45) is 7.48. The Morgan fingerprint density at radius 3 is 2.67 bits per heavy atom. The van der Waals surface area contributed by atoms with Crippen LogP contribution in [0.1, 0.15) is 37.6 Å². The maximum absolute atomic E-state index is 5.47. The predicted molar refractivity (Wildman–Crippen MR) is 83.4 cm³/mol. The summed E-state index contributed by atoms with van der Waals surface area (Å²) in [6, 6.07) is 4.37. The minimum Gasteiger partial charge on any atom is -0.493 e. The molecule has 0 aliphatic heterocycles. The molecule has 1 N–H and O–H groups in total. The van der Waals surface area contributed by atoms with E-state index in [9.17, 15) is 0 Å². The van der Waals surface area contributed by atoms with Crippen molar-refractivity contribution in [2.75, 3.05) is 13.7 Å². The molecule has 0 saturated carbocycles. The van der Waals surface area contributed by atoms with E-state index >= 15 is 0 Å². The van der Waals surface area contributed by atoms with E-state index in [0.29, 0.717) is 0 Å². The zero-order valence-electron chi connectivity index (χ0n) is 13.0. The van der Waals surface area contributed by atoms with Crippen molar-refractivity contribution in [1.29, 1.82) is 0 Å². The van der Waals surface area contributed by atoms with Crippen molar-refractivity contribution in [3.63, 3.8) is 0 Å². The first kappa shape index (κ1) is 15.5. The first-order chi connectivity index (χ1) is 10.3. The van der Waals surface area contributed by atoms with Crippen molar-refractivity contribution in [3.8, 4) is 5.75 Å². The molecule has 0 fully saturated rings. The van der Waals surface area contributed by atoms with Crippen molar-refractivity contribution in [1.82, 2.24) is 20.1 Å². The molecule has 0 aromatic carbocycles. The number of rotatable bonds is 8. The molecule has 0 saturated heterocycles. The lowest BCUT2D eigenvalue weighted by molar-refractivity contribution is 0.387. The molecule has 5 heteroatoms. The predicted octanol–water partition coefficient (Wildman–Crippen LogP) is 2.59. The van der Waals surface area contributed by atoms with Crippen molar-refractivity contribution in [3.05, 3.63) is 42.0 Å². The van der Waals surface area contributed by atoms with Crippen molar-refractivity contribution in [2.24, 2.45) is 0 Å². The molecular formula is C16H24N4O. The molecule has 1 unspecified atom stereocenters. The number of hydrogen-bond donors (Lipinski definition) is 1. The van der Waals surface area contributed by atoms with Crippen LogP contribution in [-0.4, -0.2) is 28.4 Å². The fourth-order valence-corrected chi connectivity index (χ4v) is 2.58. The highest BCUT2D eigenvalue weighted by molar-refractivity contribution is 5.28. The average molecular weight is 288 g/mol. The number of hydrogen-bond acceptors (Lipinski definition) is 4. The lowest BCUT2D eigenvalue weighted by Gasteiger charge is -2.20. The molecule has 21 heavy (non-hydrogen) atoms. The smallest absolute Gasteiger partial charge is 0.161 e. The second-order valence-corrected chi connectivity index (χ2v) is 4.92. The van der Waals surface area contributed by atoms with E-state index in [-0.39, 0.29) is 6.04 Å². The zero-order chi connectivity index (χ0) is 15.1. The van der Waals surface area contributed by atoms with Gasteiger partial charge in [0.25, 0.3) is 0 Å². The number of nitrogens with zero attached hydrogens (tertiary/aromatic N) is 3. The van der Waals surface area contributed by atoms with Gasteiger partial charge < -0.3 is 10.1 Å². The van der Waals surface area contributed by atoms with Gasteiger partial charge in [0.1, 0.15) is 0 Å². The monoisotopic (exact) mass is 288 g/mol. The van der Waals surface area contributed by atoms with Gasteiger partial charge in [0.15, 0.2) is 5.75 Å². The summed E-state index contributed by atoms with van der Waals surface area (Å²) in [4.78, 5) is 4.06. The Hall–Kier alpha value is -1.88. The molecule has 2 heterocycles. The van der Waals surface area contributed by atoms with Crippen LogP contribution >= 0.6 is 0 Å². The molecule has 0 spiro atoms. The standard InChI is InChI=1S/C16H24N4O/c1-4-18-14(7-6-13-8-10-17-11-9-13)16-15(21-3)12-19-20(16)5-2/h8-12,14,18H,4-7H2,1-3H3. The minimum atomic E-state index is 0.237. The maximum atomic E-state index is 5.47. The van der Waals surface area contributed by atoms with Crippen molar-refractivity contribution >= 4 is 0 Å². The summed E-state index contributed by atoms with van der Waals surface area (Å²) >= 11 is 0. The lowest BCUT2D eigenvalue weighted by Crippen LogP contribution is -2.25. The van der Waals surface area contributed by atoms with Crippen LogP contribution in [0.3, 0.4) is 0 Å². The second-order valence-electron chi connectivity index (χ2n) is 4.92. The fraction of sp³-hybridized carbons (Fsp3) is 0.500. The number of methoxy groups -OCH3 is 1. The van der Waals surface area contributed by atoms with Gasteiger partial charge in [-0.2, -0.15) is 5.10 Å². The van der Waals surface area contributed by atoms with Crippen LogP contribution in [0.15, 0.2) is 30.7 Å². The Labute approximate surface area is 126 Å². The van der Waals surface area contributed by atoms with E-state index in [2.05, 4.69) is 41.4 Å². The van der Waals surface area contributed by atoms with Crippen LogP contribution < -0.4 is 10.1 Å². The third-order valence-corrected chi connectivity index (χ3v) is 3.62. The Morgan fingerprint density at radius 1 is 1.29 bits per heavy atom. The van der Waals surface area contributed by atoms with Crippen LogP contribution in [0.4, 0.5) is 0 Å². The molecule has 2 rings (SSSR count). The van der Waals surface area contributed by atoms with Crippen LogP contribution in [0.2, 0.25) is 0 Å². The van der Waals surface area contributed by atoms with Gasteiger partial charge in [0.2, 0.25) is 0 Å². The Bertz CT molecular complexity index is 517. The highest BCUT2D eigenvalue weighted by Crippen LogP contribution is 2.28. The SMILES string of the molecule is CCNC(CCc1ccncc1)c1c(OC)cnn1CC. The van der Waals surface area contributed by atoms with Crippen molar-refractivity contribution < 1.29 is 4.74 Å². The normalized spacial score (nSPS) is 12.3. The third kappa shape index (κ3) is 3.82. The van der Waals surface area contributed by atoms with Gasteiger partial charge in [-0.25, -0.2) is 0 Å². The number of aryl methyl sites for hydroxylation is 2. The first-order valence-corrected chi connectivity index (χ1v) is 7.52. The van der Waals surface area contributed by atoms with Gasteiger partial charge in [0, 0.05) is 18.9 Å². The summed E-state index contributed by atoms with van der Waals surface area (Å²) < 4.78 is 7.49. The lowest BCUT2D eigenvalue weighted by atomic mass is 10.0. The quantitative estimate of drug-likeness (QED) is 0.811. The van der Waals surface area contributed by atoms with Crippen molar-refractivity contribution in [2.45, 2.75) is 39.3 Å². The van der Waals surface area contributed by atoms with E-state index < -0.39 is 0 Å². The molecule has 114 valence electrons. The van der Waals surface area contributed by atoms with E-state index in [1.807, 2.05) is 17.1 Å². The van der Waals surface area contributed by atoms with Gasteiger partial charge in [0.05, 0.1) is 25.0 Å². The molecule has 0 aliphatic rings. The van der Waals surface area contributed by atoms with Crippen LogP contribution in [0.25, 0.3) is 0 Å². The maximum Gasteiger partial charge on any atom is 0.161 e. The van der Waals surface area contributed by atoms with Gasteiger partial charge in [-0.05, 0) is 44.0 Å². The Kier molecular flexibility index (Phi) is 5.75. The molecule has 0 bridgehead atoms. The zero-order valence-corrected chi connectivity index (χ0v) is 13.0. The average Bonchev–Trinajstić information content (AvgIpc) is 2.95. The summed E-state index contributed by atoms with van der Waals surface area (Å²) in [7, 11) is 1.70. The number of aromatic nitrogens is 3. The Balaban J connectivity index is 2.16. The first-order valence-electron chi connectivity index (χ1n) is 7.52. The van der Waals surface area contributed by atoms with Crippen LogP contribution in [0, 0.1) is 0 Å². The van der Waals surface area contributed by atoms with Gasteiger partial charge in [-0.3, -0.25) is 9.67 Å². The second kappa shape index (κ2) is 7.78. The summed E-state index contributed by atoms with van der Waals surface area (Å²) in [5.41, 5.74) is 2.44. The molecule has 5 nitrogen and oxygen atoms in total. The van der Waals surface area contributed by atoms with Gasteiger partial charge in [-0.15, -0.1) is 0 Å². The number of ether oxygens (including phenoxy) is 1. The van der Waals surface area contributed by atoms with Gasteiger partial charge >= 0.3 is 0 Å². The minimum absolute atomic E-state index is 0.237. The van der Waals surface area contributed by atoms with E-state index in [0.717, 1.165) is 37.4 Å². The van der Waals surface area contributed by atoms with E-state index in [1.165, 1.54) is 5.56 Å². The van der Waals surface area contributed by atoms with Crippen LogP contribution in [0.5, 0.6) is 5.75 Å². The topological polar surface area (TPSA) is 52.0 Å². The summed E-state index contributed by atoms with van der Waals surface area (Å²) in [5.74, 6) is 0.859. The fourth-order valence-electron chi connectivity index (χ4n) is 2.58. The van der Waals surface area contributed by atoms with Crippen LogP contribution in [-0.2, 0) is 13.0 Å². The Morgan fingerprint density at radius 2 is 2.05 bits per heavy atom. The summed E-state index contributed by atoms with van der Waals surface area (Å²) in [5, 5.41) is 7.95. The number of nitrogens with one attached hydrogen (secondary N) is 1. The third-order valence-electron chi connectivity index (χ3n) is 3.62. The molecule has 1 atom stereocenters. The van der Waals surface area contributed by atoms with E-state index in [4.69, 9.17) is 4.74 Å². The molecular weight excluding hydrogens is 264 g/mol. The molecule has 2 aromatic heterocycles. The molecule has 2 aromatic rings. The van der Waals surface area contributed by atoms with E-state index in [1.54, 1.807) is 13.3 Å². The molecule has 0 radical (unpaired) electrons. The number of pyridine rings is 1. The largest absolute Gasteiger partial charge is 0.493 e. The highest BCUT2D eigenvalue weighted by Gasteiger charge is 2.20. The van der Waals surface area contributed by atoms with Gasteiger partial charge in [-0.1, -0.05) is 6.92 Å². The molecule has 0 amide bonds.